The number of aliphatic hydroxyl groups excluding tert-OH is 1. The number of carbonyl (C=O) groups excluding carboxylic acids is 1. The van der Waals surface area contributed by atoms with E-state index in [9.17, 15) is 9.90 Å². The van der Waals surface area contributed by atoms with Crippen LogP contribution >= 0.6 is 0 Å². The van der Waals surface area contributed by atoms with Crippen molar-refractivity contribution < 1.29 is 14.6 Å². The molecule has 37 heavy (non-hydrogen) atoms. The Labute approximate surface area is 220 Å². The molecular formula is C33H35NO3. The van der Waals surface area contributed by atoms with E-state index in [4.69, 9.17) is 4.74 Å². The molecule has 0 fully saturated rings. The molecular weight excluding hydrogens is 458 g/mol. The largest absolute Gasteiger partial charge is 0.456 e. The molecule has 0 aliphatic rings. The van der Waals surface area contributed by atoms with Crippen LogP contribution in [-0.4, -0.2) is 22.0 Å². The van der Waals surface area contributed by atoms with Gasteiger partial charge >= 0.3 is 5.97 Å². The number of benzene rings is 4. The van der Waals surface area contributed by atoms with E-state index in [1.807, 2.05) is 97.1 Å². The van der Waals surface area contributed by atoms with Gasteiger partial charge in [-0.05, 0) is 36.1 Å². The topological polar surface area (TPSA) is 49.8 Å². The highest BCUT2D eigenvalue weighted by Gasteiger charge is 2.32. The zero-order valence-electron chi connectivity index (χ0n) is 21.5. The number of esters is 1. The van der Waals surface area contributed by atoms with Gasteiger partial charge in [-0.3, -0.25) is 9.69 Å². The first-order chi connectivity index (χ1) is 18.0. The van der Waals surface area contributed by atoms with Crippen molar-refractivity contribution in [2.24, 2.45) is 5.92 Å². The van der Waals surface area contributed by atoms with Gasteiger partial charge in [-0.25, -0.2) is 0 Å². The summed E-state index contributed by atoms with van der Waals surface area (Å²) in [4.78, 5) is 15.7. The summed E-state index contributed by atoms with van der Waals surface area (Å²) in [6.07, 6.45) is -1.45. The molecule has 4 nitrogen and oxygen atoms in total. The Morgan fingerprint density at radius 2 is 1.08 bits per heavy atom. The number of hydrogen-bond acceptors (Lipinski definition) is 4. The smallest absolute Gasteiger partial charge is 0.312 e. The number of ether oxygens (including phenoxy) is 1. The van der Waals surface area contributed by atoms with E-state index in [2.05, 4.69) is 36.1 Å². The summed E-state index contributed by atoms with van der Waals surface area (Å²) in [5.41, 5.74) is 4.01. The number of nitrogens with zero attached hydrogens (tertiary/aromatic N) is 1. The first kappa shape index (κ1) is 26.3. The number of hydrogen-bond donors (Lipinski definition) is 1. The van der Waals surface area contributed by atoms with Crippen molar-refractivity contribution in [3.8, 4) is 0 Å². The Hall–Kier alpha value is -3.73. The third kappa shape index (κ3) is 7.16. The molecule has 0 aliphatic heterocycles. The normalized spacial score (nSPS) is 14.5. The van der Waals surface area contributed by atoms with E-state index in [1.165, 1.54) is 11.1 Å². The zero-order chi connectivity index (χ0) is 26.0. The van der Waals surface area contributed by atoms with E-state index in [1.54, 1.807) is 6.92 Å². The Morgan fingerprint density at radius 1 is 0.676 bits per heavy atom. The fraction of sp³-hybridized carbons (Fsp3) is 0.242. The first-order valence-corrected chi connectivity index (χ1v) is 12.8. The molecule has 4 aromatic rings. The van der Waals surface area contributed by atoms with Gasteiger partial charge in [0.25, 0.3) is 0 Å². The van der Waals surface area contributed by atoms with Crippen molar-refractivity contribution in [3.63, 3.8) is 0 Å². The monoisotopic (exact) mass is 493 g/mol. The predicted octanol–water partition coefficient (Wildman–Crippen LogP) is 6.73. The Bertz CT molecular complexity index is 1170. The molecule has 0 aliphatic carbocycles. The summed E-state index contributed by atoms with van der Waals surface area (Å²) < 4.78 is 6.22. The van der Waals surface area contributed by atoms with E-state index in [0.29, 0.717) is 18.7 Å². The SMILES string of the molecule is C[C@@H](C(=O)O[C@H](c1ccccc1)[C@H](C)N(Cc1ccccc1)Cc1ccccc1)[C@H](O)c1ccccc1. The van der Waals surface area contributed by atoms with Crippen LogP contribution in [0, 0.1) is 5.92 Å². The minimum atomic E-state index is -0.940. The molecule has 0 amide bonds. The number of aliphatic hydroxyl groups is 1. The van der Waals surface area contributed by atoms with Crippen LogP contribution in [0.25, 0.3) is 0 Å². The fourth-order valence-corrected chi connectivity index (χ4v) is 4.56. The molecule has 0 aromatic heterocycles. The van der Waals surface area contributed by atoms with Gasteiger partial charge in [-0.2, -0.15) is 0 Å². The molecule has 0 radical (unpaired) electrons. The second kappa shape index (κ2) is 13.0. The standard InChI is InChI=1S/C33H35NO3/c1-25(31(35)29-19-11-5-12-20-29)33(36)37-32(30-21-13-6-14-22-30)26(2)34(23-27-15-7-3-8-16-27)24-28-17-9-4-10-18-28/h3-22,25-26,31-32,35H,23-24H2,1-2H3/t25-,26+,31+,32+/m1/s1. The average Bonchev–Trinajstić information content (AvgIpc) is 2.96. The molecule has 0 saturated carbocycles. The van der Waals surface area contributed by atoms with Crippen LogP contribution in [0.15, 0.2) is 121 Å². The maximum atomic E-state index is 13.4. The summed E-state index contributed by atoms with van der Waals surface area (Å²) in [5, 5.41) is 10.9. The highest BCUT2D eigenvalue weighted by molar-refractivity contribution is 5.73. The number of carbonyl (C=O) groups is 1. The Balaban J connectivity index is 1.61. The molecule has 0 heterocycles. The second-order valence-electron chi connectivity index (χ2n) is 9.53. The van der Waals surface area contributed by atoms with Crippen molar-refractivity contribution in [1.82, 2.24) is 4.90 Å². The molecule has 4 atom stereocenters. The third-order valence-corrected chi connectivity index (χ3v) is 6.83. The van der Waals surface area contributed by atoms with Crippen LogP contribution in [0.2, 0.25) is 0 Å². The number of rotatable bonds is 11. The van der Waals surface area contributed by atoms with Gasteiger partial charge < -0.3 is 9.84 Å². The van der Waals surface area contributed by atoms with Crippen LogP contribution in [0.5, 0.6) is 0 Å². The Morgan fingerprint density at radius 3 is 1.54 bits per heavy atom. The highest BCUT2D eigenvalue weighted by atomic mass is 16.5. The lowest BCUT2D eigenvalue weighted by Gasteiger charge is -2.35. The quantitative estimate of drug-likeness (QED) is 0.235. The van der Waals surface area contributed by atoms with Gasteiger partial charge in [0.15, 0.2) is 0 Å². The van der Waals surface area contributed by atoms with Gasteiger partial charge in [0.05, 0.1) is 12.0 Å². The molecule has 0 spiro atoms. The second-order valence-corrected chi connectivity index (χ2v) is 9.53. The molecule has 0 bridgehead atoms. The predicted molar refractivity (Wildman–Crippen MR) is 147 cm³/mol. The lowest BCUT2D eigenvalue weighted by Crippen LogP contribution is -2.39. The molecule has 1 N–H and O–H groups in total. The van der Waals surface area contributed by atoms with Gasteiger partial charge in [0.2, 0.25) is 0 Å². The maximum absolute atomic E-state index is 13.4. The molecule has 0 saturated heterocycles. The molecule has 190 valence electrons. The average molecular weight is 494 g/mol. The van der Waals surface area contributed by atoms with Crippen molar-refractivity contribution in [2.75, 3.05) is 0 Å². The summed E-state index contributed by atoms with van der Waals surface area (Å²) in [7, 11) is 0. The fourth-order valence-electron chi connectivity index (χ4n) is 4.56. The van der Waals surface area contributed by atoms with Gasteiger partial charge in [-0.1, -0.05) is 121 Å². The highest BCUT2D eigenvalue weighted by Crippen LogP contribution is 2.31. The summed E-state index contributed by atoms with van der Waals surface area (Å²) in [5.74, 6) is -1.13. The molecule has 0 unspecified atom stereocenters. The van der Waals surface area contributed by atoms with Gasteiger partial charge in [0.1, 0.15) is 6.10 Å². The summed E-state index contributed by atoms with van der Waals surface area (Å²) in [6.45, 7) is 5.24. The van der Waals surface area contributed by atoms with E-state index in [0.717, 1.165) is 5.56 Å². The van der Waals surface area contributed by atoms with Crippen LogP contribution < -0.4 is 0 Å². The van der Waals surface area contributed by atoms with Crippen LogP contribution in [-0.2, 0) is 22.6 Å². The van der Waals surface area contributed by atoms with E-state index >= 15 is 0 Å². The van der Waals surface area contributed by atoms with Crippen molar-refractivity contribution >= 4 is 5.97 Å². The zero-order valence-corrected chi connectivity index (χ0v) is 21.5. The van der Waals surface area contributed by atoms with E-state index in [-0.39, 0.29) is 6.04 Å². The van der Waals surface area contributed by atoms with Crippen LogP contribution in [0.3, 0.4) is 0 Å². The van der Waals surface area contributed by atoms with Crippen molar-refractivity contribution in [3.05, 3.63) is 144 Å². The minimum Gasteiger partial charge on any atom is -0.456 e. The third-order valence-electron chi connectivity index (χ3n) is 6.83. The van der Waals surface area contributed by atoms with Crippen LogP contribution in [0.4, 0.5) is 0 Å². The van der Waals surface area contributed by atoms with E-state index < -0.39 is 24.1 Å². The van der Waals surface area contributed by atoms with Gasteiger partial charge in [0, 0.05) is 19.1 Å². The van der Waals surface area contributed by atoms with Crippen LogP contribution in [0.1, 0.15) is 48.3 Å². The lowest BCUT2D eigenvalue weighted by molar-refractivity contribution is -0.161. The molecule has 4 rings (SSSR count). The summed E-state index contributed by atoms with van der Waals surface area (Å²) >= 11 is 0. The minimum absolute atomic E-state index is 0.132. The summed E-state index contributed by atoms with van der Waals surface area (Å²) in [6, 6.07) is 39.7. The Kier molecular flexibility index (Phi) is 9.25. The molecule has 4 aromatic carbocycles. The maximum Gasteiger partial charge on any atom is 0.312 e. The van der Waals surface area contributed by atoms with Crippen molar-refractivity contribution in [2.45, 2.75) is 45.2 Å². The lowest BCUT2D eigenvalue weighted by atomic mass is 9.96. The molecule has 4 heteroatoms. The van der Waals surface area contributed by atoms with Crippen molar-refractivity contribution in [1.29, 1.82) is 0 Å². The van der Waals surface area contributed by atoms with Gasteiger partial charge in [-0.15, -0.1) is 0 Å². The first-order valence-electron chi connectivity index (χ1n) is 12.8.